The van der Waals surface area contributed by atoms with Crippen molar-refractivity contribution in [2.45, 2.75) is 25.8 Å². The van der Waals surface area contributed by atoms with Crippen molar-refractivity contribution in [2.75, 3.05) is 27.4 Å². The number of hydrogen-bond acceptors (Lipinski definition) is 3. The summed E-state index contributed by atoms with van der Waals surface area (Å²) in [4.78, 5) is 0. The van der Waals surface area contributed by atoms with Crippen molar-refractivity contribution in [2.24, 2.45) is 11.8 Å². The molecule has 0 bridgehead atoms. The van der Waals surface area contributed by atoms with Gasteiger partial charge in [0.2, 0.25) is 0 Å². The Morgan fingerprint density at radius 1 is 1.26 bits per heavy atom. The van der Waals surface area contributed by atoms with E-state index in [1.165, 1.54) is 18.4 Å². The minimum absolute atomic E-state index is 0.367. The molecule has 1 aromatic carbocycles. The Bertz CT molecular complexity index is 390. The molecule has 1 aromatic rings. The van der Waals surface area contributed by atoms with E-state index >= 15 is 0 Å². The van der Waals surface area contributed by atoms with E-state index in [0.717, 1.165) is 11.7 Å². The summed E-state index contributed by atoms with van der Waals surface area (Å²) in [6.07, 6.45) is 2.73. The molecule has 0 aromatic heterocycles. The third-order valence-corrected chi connectivity index (χ3v) is 4.00. The topological polar surface area (TPSA) is 30.5 Å². The van der Waals surface area contributed by atoms with Crippen LogP contribution in [0.5, 0.6) is 5.75 Å². The molecule has 2 atom stereocenters. The van der Waals surface area contributed by atoms with Crippen LogP contribution in [0.2, 0.25) is 0 Å². The van der Waals surface area contributed by atoms with Crippen LogP contribution in [0.15, 0.2) is 24.3 Å². The maximum Gasteiger partial charge on any atom is 0.124 e. The number of para-hydroxylation sites is 1. The fourth-order valence-electron chi connectivity index (χ4n) is 2.70. The summed E-state index contributed by atoms with van der Waals surface area (Å²) in [7, 11) is 3.73. The number of ether oxygens (including phenoxy) is 2. The zero-order valence-corrected chi connectivity index (χ0v) is 12.2. The first kappa shape index (κ1) is 14.4. The molecule has 3 nitrogen and oxygen atoms in total. The lowest BCUT2D eigenvalue weighted by molar-refractivity contribution is 0.145. The highest BCUT2D eigenvalue weighted by atomic mass is 16.5. The fourth-order valence-corrected chi connectivity index (χ4v) is 2.70. The maximum absolute atomic E-state index is 5.85. The molecule has 2 unspecified atom stereocenters. The molecule has 0 amide bonds. The lowest BCUT2D eigenvalue weighted by Gasteiger charge is -2.26. The normalized spacial score (nSPS) is 18.1. The summed E-state index contributed by atoms with van der Waals surface area (Å²) in [5.41, 5.74) is 1.26. The van der Waals surface area contributed by atoms with Gasteiger partial charge in [0.25, 0.3) is 0 Å². The molecule has 19 heavy (non-hydrogen) atoms. The highest BCUT2D eigenvalue weighted by molar-refractivity contribution is 5.36. The Morgan fingerprint density at radius 2 is 2.00 bits per heavy atom. The zero-order chi connectivity index (χ0) is 13.7. The molecule has 0 heterocycles. The molecule has 1 aliphatic rings. The van der Waals surface area contributed by atoms with Crippen molar-refractivity contribution in [1.29, 1.82) is 0 Å². The summed E-state index contributed by atoms with van der Waals surface area (Å²) in [6.45, 7) is 3.56. The van der Waals surface area contributed by atoms with Gasteiger partial charge in [-0.2, -0.15) is 0 Å². The Kier molecular flexibility index (Phi) is 5.23. The third-order valence-electron chi connectivity index (χ3n) is 4.00. The van der Waals surface area contributed by atoms with E-state index in [1.54, 1.807) is 7.11 Å². The summed E-state index contributed by atoms with van der Waals surface area (Å²) in [5, 5.41) is 3.46. The van der Waals surface area contributed by atoms with Crippen molar-refractivity contribution in [3.05, 3.63) is 29.8 Å². The molecule has 0 radical (unpaired) electrons. The summed E-state index contributed by atoms with van der Waals surface area (Å²) < 4.78 is 10.9. The minimum atomic E-state index is 0.367. The minimum Gasteiger partial charge on any atom is -0.491 e. The van der Waals surface area contributed by atoms with E-state index < -0.39 is 0 Å². The van der Waals surface area contributed by atoms with Gasteiger partial charge in [-0.1, -0.05) is 25.1 Å². The smallest absolute Gasteiger partial charge is 0.124 e. The molecule has 1 aliphatic carbocycles. The summed E-state index contributed by atoms with van der Waals surface area (Å²) in [5.74, 6) is 2.49. The summed E-state index contributed by atoms with van der Waals surface area (Å²) in [6, 6.07) is 8.70. The second kappa shape index (κ2) is 6.92. The molecule has 3 heteroatoms. The average Bonchev–Trinajstić information content (AvgIpc) is 3.26. The van der Waals surface area contributed by atoms with E-state index in [-0.39, 0.29) is 0 Å². The first-order valence-corrected chi connectivity index (χ1v) is 7.15. The van der Waals surface area contributed by atoms with Crippen molar-refractivity contribution in [3.63, 3.8) is 0 Å². The van der Waals surface area contributed by atoms with Crippen LogP contribution in [-0.2, 0) is 4.74 Å². The Morgan fingerprint density at radius 3 is 2.63 bits per heavy atom. The first-order chi connectivity index (χ1) is 9.27. The van der Waals surface area contributed by atoms with Gasteiger partial charge in [0, 0.05) is 18.7 Å². The van der Waals surface area contributed by atoms with E-state index in [9.17, 15) is 0 Å². The predicted molar refractivity (Wildman–Crippen MR) is 77.5 cm³/mol. The van der Waals surface area contributed by atoms with E-state index in [0.29, 0.717) is 25.2 Å². The SMILES string of the molecule is CNC(c1ccccc1OCCOC)C(C)C1CC1. The van der Waals surface area contributed by atoms with Crippen molar-refractivity contribution in [3.8, 4) is 5.75 Å². The largest absolute Gasteiger partial charge is 0.491 e. The van der Waals surface area contributed by atoms with Crippen LogP contribution in [0.25, 0.3) is 0 Å². The molecule has 0 spiro atoms. The fraction of sp³-hybridized carbons (Fsp3) is 0.625. The van der Waals surface area contributed by atoms with Crippen LogP contribution in [-0.4, -0.2) is 27.4 Å². The zero-order valence-electron chi connectivity index (χ0n) is 12.2. The monoisotopic (exact) mass is 263 g/mol. The molecule has 106 valence electrons. The lowest BCUT2D eigenvalue weighted by Crippen LogP contribution is -2.25. The van der Waals surface area contributed by atoms with Gasteiger partial charge in [-0.15, -0.1) is 0 Å². The van der Waals surface area contributed by atoms with Crippen LogP contribution in [0.1, 0.15) is 31.4 Å². The first-order valence-electron chi connectivity index (χ1n) is 7.15. The maximum atomic E-state index is 5.85. The Labute approximate surface area is 116 Å². The van der Waals surface area contributed by atoms with E-state index in [4.69, 9.17) is 9.47 Å². The van der Waals surface area contributed by atoms with Crippen molar-refractivity contribution in [1.82, 2.24) is 5.32 Å². The van der Waals surface area contributed by atoms with Crippen LogP contribution in [0, 0.1) is 11.8 Å². The molecular weight excluding hydrogens is 238 g/mol. The van der Waals surface area contributed by atoms with E-state index in [2.05, 4.69) is 30.4 Å². The molecule has 0 saturated heterocycles. The van der Waals surface area contributed by atoms with E-state index in [1.807, 2.05) is 13.1 Å². The van der Waals surface area contributed by atoms with Crippen molar-refractivity contribution >= 4 is 0 Å². The molecule has 2 rings (SSSR count). The molecule has 1 N–H and O–H groups in total. The van der Waals surface area contributed by atoms with Crippen LogP contribution < -0.4 is 10.1 Å². The van der Waals surface area contributed by atoms with Gasteiger partial charge in [0.15, 0.2) is 0 Å². The second-order valence-corrected chi connectivity index (χ2v) is 5.34. The molecule has 1 saturated carbocycles. The van der Waals surface area contributed by atoms with Crippen LogP contribution >= 0.6 is 0 Å². The van der Waals surface area contributed by atoms with Gasteiger partial charge in [-0.25, -0.2) is 0 Å². The van der Waals surface area contributed by atoms with Crippen LogP contribution in [0.3, 0.4) is 0 Å². The molecule has 1 fully saturated rings. The van der Waals surface area contributed by atoms with Gasteiger partial charge >= 0.3 is 0 Å². The number of benzene rings is 1. The quantitative estimate of drug-likeness (QED) is 0.731. The molecular formula is C16H25NO2. The summed E-state index contributed by atoms with van der Waals surface area (Å²) >= 11 is 0. The van der Waals surface area contributed by atoms with Gasteiger partial charge in [-0.3, -0.25) is 0 Å². The number of methoxy groups -OCH3 is 1. The van der Waals surface area contributed by atoms with Gasteiger partial charge < -0.3 is 14.8 Å². The van der Waals surface area contributed by atoms with Gasteiger partial charge in [0.1, 0.15) is 12.4 Å². The van der Waals surface area contributed by atoms with Gasteiger partial charge in [0.05, 0.1) is 6.61 Å². The third kappa shape index (κ3) is 3.71. The Balaban J connectivity index is 2.11. The highest BCUT2D eigenvalue weighted by Gasteiger charge is 2.34. The van der Waals surface area contributed by atoms with Crippen molar-refractivity contribution < 1.29 is 9.47 Å². The number of hydrogen-bond donors (Lipinski definition) is 1. The average molecular weight is 263 g/mol. The standard InChI is InChI=1S/C16H25NO2/c1-12(13-8-9-13)16(17-2)14-6-4-5-7-15(14)19-11-10-18-3/h4-7,12-13,16-17H,8-11H2,1-3H3. The van der Waals surface area contributed by atoms with Gasteiger partial charge in [-0.05, 0) is 37.8 Å². The molecule has 0 aliphatic heterocycles. The number of rotatable bonds is 8. The highest BCUT2D eigenvalue weighted by Crippen LogP contribution is 2.44. The predicted octanol–water partition coefficient (Wildman–Crippen LogP) is 3.02. The lowest BCUT2D eigenvalue weighted by atomic mass is 9.90. The number of nitrogens with one attached hydrogen (secondary N) is 1. The Hall–Kier alpha value is -1.06. The van der Waals surface area contributed by atoms with Crippen LogP contribution in [0.4, 0.5) is 0 Å². The second-order valence-electron chi connectivity index (χ2n) is 5.34.